The molecule has 0 aliphatic carbocycles. The second-order valence-electron chi connectivity index (χ2n) is 6.50. The van der Waals surface area contributed by atoms with Crippen LogP contribution in [0.4, 0.5) is 5.69 Å². The molecule has 0 unspecified atom stereocenters. The lowest BCUT2D eigenvalue weighted by molar-refractivity contribution is 0.0955. The molecular weight excluding hydrogens is 356 g/mol. The van der Waals surface area contributed by atoms with E-state index in [4.69, 9.17) is 0 Å². The van der Waals surface area contributed by atoms with Gasteiger partial charge in [0.25, 0.3) is 5.91 Å². The summed E-state index contributed by atoms with van der Waals surface area (Å²) in [5.41, 5.74) is 7.03. The Bertz CT molecular complexity index is 857. The van der Waals surface area contributed by atoms with Crippen LogP contribution in [0, 0.1) is 6.92 Å². The Morgan fingerprint density at radius 3 is 2.44 bits per heavy atom. The highest BCUT2D eigenvalue weighted by molar-refractivity contribution is 8.15. The van der Waals surface area contributed by atoms with E-state index in [-0.39, 0.29) is 5.91 Å². The molecule has 1 aliphatic rings. The Kier molecular flexibility index (Phi) is 6.29. The van der Waals surface area contributed by atoms with E-state index in [2.05, 4.69) is 27.8 Å². The van der Waals surface area contributed by atoms with Gasteiger partial charge in [0.05, 0.1) is 12.3 Å². The highest BCUT2D eigenvalue weighted by atomic mass is 32.2. The normalized spacial score (nSPS) is 16.8. The van der Waals surface area contributed by atoms with E-state index < -0.39 is 0 Å². The maximum atomic E-state index is 12.1. The number of carbonyl (C=O) groups excluding carboxylic acids is 1. The van der Waals surface area contributed by atoms with E-state index in [1.165, 1.54) is 0 Å². The van der Waals surface area contributed by atoms with Crippen LogP contribution >= 0.6 is 11.8 Å². The zero-order valence-electron chi connectivity index (χ0n) is 15.8. The molecule has 0 radical (unpaired) electrons. The molecule has 3 rings (SSSR count). The maximum Gasteiger partial charge on any atom is 0.271 e. The van der Waals surface area contributed by atoms with Crippen LogP contribution in [-0.2, 0) is 0 Å². The van der Waals surface area contributed by atoms with Crippen molar-refractivity contribution in [1.29, 1.82) is 0 Å². The van der Waals surface area contributed by atoms with Crippen LogP contribution in [0.1, 0.15) is 41.8 Å². The van der Waals surface area contributed by atoms with Crippen LogP contribution in [-0.4, -0.2) is 28.6 Å². The number of rotatable bonds is 5. The van der Waals surface area contributed by atoms with E-state index in [1.54, 1.807) is 23.9 Å². The minimum atomic E-state index is -0.214. The second kappa shape index (κ2) is 8.86. The number of nitrogens with zero attached hydrogens (tertiary/aromatic N) is 2. The molecule has 1 aliphatic heterocycles. The van der Waals surface area contributed by atoms with Gasteiger partial charge in [-0.15, -0.1) is 0 Å². The monoisotopic (exact) mass is 380 g/mol. The first-order chi connectivity index (χ1) is 13.0. The molecular formula is C21H24N4OS. The van der Waals surface area contributed by atoms with Crippen LogP contribution in [0.15, 0.2) is 58.6 Å². The molecule has 0 bridgehead atoms. The molecule has 0 spiro atoms. The summed E-state index contributed by atoms with van der Waals surface area (Å²) < 4.78 is 0. The molecule has 1 heterocycles. The van der Waals surface area contributed by atoms with Gasteiger partial charge in [-0.25, -0.2) is 5.43 Å². The number of hydrazone groups is 1. The van der Waals surface area contributed by atoms with E-state index >= 15 is 0 Å². The molecule has 0 saturated carbocycles. The average Bonchev–Trinajstić information content (AvgIpc) is 3.14. The lowest BCUT2D eigenvalue weighted by Crippen LogP contribution is -2.19. The number of anilines is 1. The number of aryl methyl sites for hydroxylation is 1. The minimum Gasteiger partial charge on any atom is -0.335 e. The zero-order valence-corrected chi connectivity index (χ0v) is 16.6. The summed E-state index contributed by atoms with van der Waals surface area (Å²) in [6.45, 7) is 6.93. The van der Waals surface area contributed by atoms with Gasteiger partial charge in [-0.3, -0.25) is 9.79 Å². The Balaban J connectivity index is 1.58. The number of aliphatic imine (C=N–C) groups is 1. The number of hydrogen-bond donors (Lipinski definition) is 2. The van der Waals surface area contributed by atoms with E-state index in [0.717, 1.165) is 40.7 Å². The van der Waals surface area contributed by atoms with Gasteiger partial charge in [0.1, 0.15) is 0 Å². The van der Waals surface area contributed by atoms with Crippen molar-refractivity contribution < 1.29 is 4.79 Å². The molecule has 1 atom stereocenters. The summed E-state index contributed by atoms with van der Waals surface area (Å²) >= 11 is 1.79. The van der Waals surface area contributed by atoms with Crippen molar-refractivity contribution in [2.75, 3.05) is 11.9 Å². The first-order valence-electron chi connectivity index (χ1n) is 9.05. The van der Waals surface area contributed by atoms with Gasteiger partial charge >= 0.3 is 0 Å². The molecule has 1 amide bonds. The first-order valence-corrected chi connectivity index (χ1v) is 9.93. The van der Waals surface area contributed by atoms with Gasteiger partial charge in [0, 0.05) is 16.5 Å². The Labute approximate surface area is 164 Å². The van der Waals surface area contributed by atoms with Gasteiger partial charge in [0.15, 0.2) is 5.17 Å². The molecule has 0 fully saturated rings. The van der Waals surface area contributed by atoms with E-state index in [0.29, 0.717) is 10.8 Å². The quantitative estimate of drug-likeness (QED) is 0.595. The summed E-state index contributed by atoms with van der Waals surface area (Å²) in [7, 11) is 0. The van der Waals surface area contributed by atoms with Gasteiger partial charge < -0.3 is 5.32 Å². The van der Waals surface area contributed by atoms with Crippen molar-refractivity contribution in [2.24, 2.45) is 10.1 Å². The Hall–Kier alpha value is -2.60. The minimum absolute atomic E-state index is 0.214. The van der Waals surface area contributed by atoms with Gasteiger partial charge in [-0.1, -0.05) is 48.5 Å². The van der Waals surface area contributed by atoms with Gasteiger partial charge in [-0.05, 0) is 50.1 Å². The smallest absolute Gasteiger partial charge is 0.271 e. The predicted octanol–water partition coefficient (Wildman–Crippen LogP) is 4.44. The fourth-order valence-electron chi connectivity index (χ4n) is 2.59. The molecule has 2 N–H and O–H groups in total. The molecule has 0 saturated heterocycles. The fraction of sp³-hybridized carbons (Fsp3) is 0.286. The first kappa shape index (κ1) is 19.2. The van der Waals surface area contributed by atoms with Crippen molar-refractivity contribution in [3.8, 4) is 0 Å². The molecule has 2 aromatic carbocycles. The second-order valence-corrected chi connectivity index (χ2v) is 7.79. The van der Waals surface area contributed by atoms with Crippen molar-refractivity contribution in [3.63, 3.8) is 0 Å². The number of benzene rings is 2. The van der Waals surface area contributed by atoms with Gasteiger partial charge in [0.2, 0.25) is 0 Å². The maximum absolute atomic E-state index is 12.1. The van der Waals surface area contributed by atoms with E-state index in [1.807, 2.05) is 50.2 Å². The SMILES string of the molecule is CC[C@H]1CN=C(Nc2ccc(/C(C)=N\NC(=O)c3ccc(C)cc3)cc2)S1. The molecule has 6 heteroatoms. The highest BCUT2D eigenvalue weighted by Crippen LogP contribution is 2.24. The van der Waals surface area contributed by atoms with Crippen LogP contribution < -0.4 is 10.7 Å². The molecule has 5 nitrogen and oxygen atoms in total. The van der Waals surface area contributed by atoms with Crippen molar-refractivity contribution >= 4 is 34.2 Å². The number of amidine groups is 1. The summed E-state index contributed by atoms with van der Waals surface area (Å²) in [4.78, 5) is 16.7. The van der Waals surface area contributed by atoms with Crippen LogP contribution in [0.2, 0.25) is 0 Å². The molecule has 27 heavy (non-hydrogen) atoms. The molecule has 2 aromatic rings. The third-order valence-electron chi connectivity index (χ3n) is 4.37. The third kappa shape index (κ3) is 5.20. The standard InChI is InChI=1S/C21H24N4OS/c1-4-19-13-22-21(27-19)23-18-11-9-16(10-12-18)15(3)24-25-20(26)17-7-5-14(2)6-8-17/h5-12,19H,4,13H2,1-3H3,(H,22,23)(H,25,26)/b24-15-/t19-/m0/s1. The lowest BCUT2D eigenvalue weighted by Gasteiger charge is -2.08. The Morgan fingerprint density at radius 1 is 1.15 bits per heavy atom. The largest absolute Gasteiger partial charge is 0.335 e. The van der Waals surface area contributed by atoms with Gasteiger partial charge in [-0.2, -0.15) is 5.10 Å². The van der Waals surface area contributed by atoms with Crippen LogP contribution in [0.5, 0.6) is 0 Å². The fourth-order valence-corrected chi connectivity index (χ4v) is 3.54. The lowest BCUT2D eigenvalue weighted by atomic mass is 10.1. The third-order valence-corrected chi connectivity index (χ3v) is 5.64. The van der Waals surface area contributed by atoms with E-state index in [9.17, 15) is 4.79 Å². The molecule has 140 valence electrons. The predicted molar refractivity (Wildman–Crippen MR) is 115 cm³/mol. The number of thioether (sulfide) groups is 1. The summed E-state index contributed by atoms with van der Waals surface area (Å²) in [5.74, 6) is -0.214. The molecule has 0 aromatic heterocycles. The number of nitrogens with one attached hydrogen (secondary N) is 2. The van der Waals surface area contributed by atoms with Crippen molar-refractivity contribution in [2.45, 2.75) is 32.4 Å². The topological polar surface area (TPSA) is 65.8 Å². The average molecular weight is 381 g/mol. The zero-order chi connectivity index (χ0) is 19.2. The van der Waals surface area contributed by atoms with Crippen LogP contribution in [0.25, 0.3) is 0 Å². The van der Waals surface area contributed by atoms with Crippen LogP contribution in [0.3, 0.4) is 0 Å². The highest BCUT2D eigenvalue weighted by Gasteiger charge is 2.17. The summed E-state index contributed by atoms with van der Waals surface area (Å²) in [6, 6.07) is 15.4. The number of hydrogen-bond acceptors (Lipinski definition) is 5. The number of amides is 1. The van der Waals surface area contributed by atoms with Crippen molar-refractivity contribution in [3.05, 3.63) is 65.2 Å². The summed E-state index contributed by atoms with van der Waals surface area (Å²) in [5, 5.41) is 9.13. The van der Waals surface area contributed by atoms with Crippen molar-refractivity contribution in [1.82, 2.24) is 5.43 Å². The number of carbonyl (C=O) groups is 1. The Morgan fingerprint density at radius 2 is 1.81 bits per heavy atom. The summed E-state index contributed by atoms with van der Waals surface area (Å²) in [6.07, 6.45) is 1.13.